The van der Waals surface area contributed by atoms with Crippen molar-refractivity contribution in [3.8, 4) is 0 Å². The Morgan fingerprint density at radius 1 is 1.38 bits per heavy atom. The van der Waals surface area contributed by atoms with Crippen molar-refractivity contribution in [2.24, 2.45) is 12.8 Å². The van der Waals surface area contributed by atoms with E-state index in [1.165, 1.54) is 16.6 Å². The zero-order valence-corrected chi connectivity index (χ0v) is 10.3. The summed E-state index contributed by atoms with van der Waals surface area (Å²) < 4.78 is 1.95. The molecule has 0 amide bonds. The molecule has 0 fully saturated rings. The first-order valence-corrected chi connectivity index (χ1v) is 6.67. The van der Waals surface area contributed by atoms with Crippen LogP contribution in [-0.2, 0) is 12.8 Å². The molecule has 2 N–H and O–H groups in total. The summed E-state index contributed by atoms with van der Waals surface area (Å²) in [4.78, 5) is 0. The number of para-hydroxylation sites is 1. The molecule has 0 aliphatic rings. The lowest BCUT2D eigenvalue weighted by Crippen LogP contribution is -1.99. The average molecular weight is 235 g/mol. The number of nitrogens with two attached hydrogens (primary N) is 1. The van der Waals surface area contributed by atoms with Gasteiger partial charge in [-0.3, -0.25) is 4.68 Å². The van der Waals surface area contributed by atoms with Crippen LogP contribution in [0.15, 0.2) is 24.3 Å². The topological polar surface area (TPSA) is 43.8 Å². The van der Waals surface area contributed by atoms with Crippen molar-refractivity contribution in [3.05, 3.63) is 30.0 Å². The minimum absolute atomic E-state index is 0.774. The highest BCUT2D eigenvalue weighted by atomic mass is 32.2. The first kappa shape index (κ1) is 11.5. The van der Waals surface area contributed by atoms with Gasteiger partial charge in [-0.25, -0.2) is 0 Å². The molecule has 0 atom stereocenters. The van der Waals surface area contributed by atoms with E-state index in [1.807, 2.05) is 23.5 Å². The first-order valence-electron chi connectivity index (χ1n) is 5.51. The van der Waals surface area contributed by atoms with Crippen molar-refractivity contribution < 1.29 is 0 Å². The molecule has 16 heavy (non-hydrogen) atoms. The van der Waals surface area contributed by atoms with E-state index in [9.17, 15) is 0 Å². The second kappa shape index (κ2) is 5.37. The average Bonchev–Trinajstić information content (AvgIpc) is 2.63. The van der Waals surface area contributed by atoms with Crippen LogP contribution in [0.3, 0.4) is 0 Å². The summed E-state index contributed by atoms with van der Waals surface area (Å²) in [6.45, 7) is 0.774. The number of aromatic nitrogens is 2. The summed E-state index contributed by atoms with van der Waals surface area (Å²) in [5.74, 6) is 2.09. The third-order valence-electron chi connectivity index (χ3n) is 2.57. The van der Waals surface area contributed by atoms with Crippen LogP contribution in [0.5, 0.6) is 0 Å². The Labute approximate surface area is 100 Å². The number of hydrogen-bond donors (Lipinski definition) is 1. The Morgan fingerprint density at radius 2 is 2.19 bits per heavy atom. The van der Waals surface area contributed by atoms with Gasteiger partial charge in [0.25, 0.3) is 0 Å². The number of hydrogen-bond acceptors (Lipinski definition) is 3. The molecular weight excluding hydrogens is 218 g/mol. The number of benzene rings is 1. The number of thioether (sulfide) groups is 1. The van der Waals surface area contributed by atoms with Gasteiger partial charge in [0.05, 0.1) is 11.2 Å². The minimum atomic E-state index is 0.774. The van der Waals surface area contributed by atoms with Crippen molar-refractivity contribution in [1.29, 1.82) is 0 Å². The molecule has 0 bridgehead atoms. The maximum atomic E-state index is 5.47. The molecule has 2 rings (SSSR count). The highest BCUT2D eigenvalue weighted by Gasteiger charge is 2.06. The van der Waals surface area contributed by atoms with E-state index < -0.39 is 0 Å². The molecule has 0 aliphatic carbocycles. The summed E-state index contributed by atoms with van der Waals surface area (Å²) in [5.41, 5.74) is 7.86. The molecule has 0 saturated carbocycles. The van der Waals surface area contributed by atoms with Gasteiger partial charge in [-0.2, -0.15) is 16.9 Å². The van der Waals surface area contributed by atoms with E-state index >= 15 is 0 Å². The summed E-state index contributed by atoms with van der Waals surface area (Å²) in [6.07, 6.45) is 1.08. The number of rotatable bonds is 5. The Balaban J connectivity index is 2.12. The molecule has 2 aromatic rings. The van der Waals surface area contributed by atoms with Gasteiger partial charge in [0, 0.05) is 18.2 Å². The van der Waals surface area contributed by atoms with Gasteiger partial charge in [0.15, 0.2) is 0 Å². The monoisotopic (exact) mass is 235 g/mol. The van der Waals surface area contributed by atoms with E-state index in [-0.39, 0.29) is 0 Å². The van der Waals surface area contributed by atoms with E-state index in [1.54, 1.807) is 0 Å². The Kier molecular flexibility index (Phi) is 3.85. The molecule has 1 aromatic carbocycles. The zero-order chi connectivity index (χ0) is 11.4. The second-order valence-corrected chi connectivity index (χ2v) is 4.89. The lowest BCUT2D eigenvalue weighted by molar-refractivity contribution is 0.781. The smallest absolute Gasteiger partial charge is 0.0802 e. The third kappa shape index (κ3) is 2.39. The highest BCUT2D eigenvalue weighted by molar-refractivity contribution is 7.98. The molecule has 0 aliphatic heterocycles. The van der Waals surface area contributed by atoms with Gasteiger partial charge in [-0.05, 0) is 24.8 Å². The third-order valence-corrected chi connectivity index (χ3v) is 3.62. The maximum absolute atomic E-state index is 5.47. The molecule has 86 valence electrons. The molecule has 0 spiro atoms. The van der Waals surface area contributed by atoms with Gasteiger partial charge in [-0.15, -0.1) is 0 Å². The summed E-state index contributed by atoms with van der Waals surface area (Å²) in [7, 11) is 2.00. The molecule has 1 aromatic heterocycles. The molecule has 0 unspecified atom stereocenters. The van der Waals surface area contributed by atoms with Crippen LogP contribution in [0.2, 0.25) is 0 Å². The van der Waals surface area contributed by atoms with Crippen molar-refractivity contribution in [2.45, 2.75) is 12.2 Å². The van der Waals surface area contributed by atoms with Gasteiger partial charge < -0.3 is 5.73 Å². The van der Waals surface area contributed by atoms with Gasteiger partial charge >= 0.3 is 0 Å². The van der Waals surface area contributed by atoms with Crippen molar-refractivity contribution in [2.75, 3.05) is 12.3 Å². The molecule has 1 heterocycles. The molecule has 3 nitrogen and oxygen atoms in total. The van der Waals surface area contributed by atoms with Crippen LogP contribution in [0, 0.1) is 0 Å². The first-order chi connectivity index (χ1) is 7.83. The van der Waals surface area contributed by atoms with Crippen molar-refractivity contribution >= 4 is 22.7 Å². The number of fused-ring (bicyclic) bond motifs is 1. The molecule has 0 saturated heterocycles. The summed E-state index contributed by atoms with van der Waals surface area (Å²) in [6, 6.07) is 8.37. The second-order valence-electron chi connectivity index (χ2n) is 3.78. The van der Waals surface area contributed by atoms with Gasteiger partial charge in [-0.1, -0.05) is 18.2 Å². The van der Waals surface area contributed by atoms with E-state index in [0.29, 0.717) is 0 Å². The largest absolute Gasteiger partial charge is 0.330 e. The van der Waals surface area contributed by atoms with Gasteiger partial charge in [0.1, 0.15) is 0 Å². The van der Waals surface area contributed by atoms with E-state index in [2.05, 4.69) is 29.4 Å². The normalized spacial score (nSPS) is 11.1. The van der Waals surface area contributed by atoms with E-state index in [4.69, 9.17) is 5.73 Å². The SMILES string of the molecule is Cn1nc(CSCCCN)c2ccccc21. The van der Waals surface area contributed by atoms with Crippen molar-refractivity contribution in [3.63, 3.8) is 0 Å². The predicted octanol–water partition coefficient (Wildman–Crippen LogP) is 2.16. The lowest BCUT2D eigenvalue weighted by atomic mass is 10.2. The fourth-order valence-corrected chi connectivity index (χ4v) is 2.67. The Bertz CT molecular complexity index is 464. The Morgan fingerprint density at radius 3 is 3.00 bits per heavy atom. The summed E-state index contributed by atoms with van der Waals surface area (Å²) in [5, 5.41) is 5.82. The molecule has 4 heteroatoms. The van der Waals surface area contributed by atoms with Crippen LogP contribution in [0.25, 0.3) is 10.9 Å². The standard InChI is InChI=1S/C12H17N3S/c1-15-12-6-3-2-5-10(12)11(14-15)9-16-8-4-7-13/h2-3,5-6H,4,7-9,13H2,1H3. The van der Waals surface area contributed by atoms with Crippen LogP contribution in [0.1, 0.15) is 12.1 Å². The predicted molar refractivity (Wildman–Crippen MR) is 70.5 cm³/mol. The Hall–Kier alpha value is -1.00. The molecule has 0 radical (unpaired) electrons. The maximum Gasteiger partial charge on any atom is 0.0802 e. The fraction of sp³-hybridized carbons (Fsp3) is 0.417. The summed E-state index contributed by atoms with van der Waals surface area (Å²) >= 11 is 1.90. The lowest BCUT2D eigenvalue weighted by Gasteiger charge is -1.97. The minimum Gasteiger partial charge on any atom is -0.330 e. The fourth-order valence-electron chi connectivity index (χ4n) is 1.75. The van der Waals surface area contributed by atoms with Gasteiger partial charge in [0.2, 0.25) is 0 Å². The molecular formula is C12H17N3S. The number of aryl methyl sites for hydroxylation is 1. The number of nitrogens with zero attached hydrogens (tertiary/aromatic N) is 2. The van der Waals surface area contributed by atoms with Crippen LogP contribution in [0.4, 0.5) is 0 Å². The van der Waals surface area contributed by atoms with E-state index in [0.717, 1.165) is 24.5 Å². The van der Waals surface area contributed by atoms with Crippen LogP contribution >= 0.6 is 11.8 Å². The highest BCUT2D eigenvalue weighted by Crippen LogP contribution is 2.21. The van der Waals surface area contributed by atoms with Crippen LogP contribution in [-0.4, -0.2) is 22.1 Å². The van der Waals surface area contributed by atoms with Crippen LogP contribution < -0.4 is 5.73 Å². The zero-order valence-electron chi connectivity index (χ0n) is 9.52. The van der Waals surface area contributed by atoms with Crippen molar-refractivity contribution in [1.82, 2.24) is 9.78 Å². The quantitative estimate of drug-likeness (QED) is 0.808.